The molecule has 2 aromatic rings. The lowest BCUT2D eigenvalue weighted by atomic mass is 10.2. The number of hydrogen-bond acceptors (Lipinski definition) is 3. The maximum absolute atomic E-state index is 11.4. The van der Waals surface area contributed by atoms with E-state index in [2.05, 4.69) is 4.98 Å². The minimum absolute atomic E-state index is 0.122. The number of benzene rings is 1. The third kappa shape index (κ3) is 2.71. The van der Waals surface area contributed by atoms with Crippen LogP contribution in [-0.2, 0) is 6.54 Å². The van der Waals surface area contributed by atoms with E-state index in [9.17, 15) is 9.90 Å². The van der Waals surface area contributed by atoms with Crippen molar-refractivity contribution in [1.29, 1.82) is 0 Å². The van der Waals surface area contributed by atoms with Gasteiger partial charge in [0.05, 0.1) is 12.7 Å². The molecule has 5 nitrogen and oxygen atoms in total. The van der Waals surface area contributed by atoms with Crippen molar-refractivity contribution in [2.24, 2.45) is 5.92 Å². The number of aromatic carboxylic acids is 1. The average Bonchev–Trinajstić information content (AvgIpc) is 3.28. The lowest BCUT2D eigenvalue weighted by Crippen LogP contribution is -2.05. The van der Waals surface area contributed by atoms with Gasteiger partial charge in [-0.2, -0.15) is 0 Å². The number of carboxylic acids is 1. The van der Waals surface area contributed by atoms with Crippen LogP contribution in [-0.4, -0.2) is 27.7 Å². The first-order chi connectivity index (χ1) is 10.6. The molecule has 1 aromatic carbocycles. The normalized spacial score (nSPS) is 14.1. The molecule has 1 aliphatic rings. The number of imidazole rings is 1. The Balaban J connectivity index is 2.07. The van der Waals surface area contributed by atoms with Gasteiger partial charge in [-0.05, 0) is 31.4 Å². The fourth-order valence-corrected chi connectivity index (χ4v) is 2.76. The van der Waals surface area contributed by atoms with Crippen molar-refractivity contribution in [3.63, 3.8) is 0 Å². The van der Waals surface area contributed by atoms with Gasteiger partial charge in [-0.15, -0.1) is 0 Å². The molecular weight excluding hydrogens is 280 g/mol. The predicted octanol–water partition coefficient (Wildman–Crippen LogP) is 3.37. The van der Waals surface area contributed by atoms with E-state index >= 15 is 0 Å². The summed E-state index contributed by atoms with van der Waals surface area (Å²) in [6, 6.07) is 7.59. The number of aromatic nitrogens is 2. The van der Waals surface area contributed by atoms with Gasteiger partial charge in [0.15, 0.2) is 5.69 Å². The van der Waals surface area contributed by atoms with Gasteiger partial charge in [0, 0.05) is 12.2 Å². The van der Waals surface area contributed by atoms with Crippen molar-refractivity contribution >= 4 is 5.97 Å². The average molecular weight is 300 g/mol. The molecule has 0 amide bonds. The minimum Gasteiger partial charge on any atom is -0.496 e. The Labute approximate surface area is 129 Å². The van der Waals surface area contributed by atoms with Crippen molar-refractivity contribution in [3.05, 3.63) is 35.7 Å². The zero-order chi connectivity index (χ0) is 15.7. The van der Waals surface area contributed by atoms with E-state index in [1.165, 1.54) is 12.8 Å². The van der Waals surface area contributed by atoms with Crippen molar-refractivity contribution in [2.75, 3.05) is 7.11 Å². The maximum atomic E-state index is 11.4. The van der Waals surface area contributed by atoms with E-state index < -0.39 is 5.97 Å². The second-order valence-corrected chi connectivity index (χ2v) is 5.76. The molecule has 116 valence electrons. The minimum atomic E-state index is -0.987. The second kappa shape index (κ2) is 5.83. The van der Waals surface area contributed by atoms with Crippen LogP contribution in [0.15, 0.2) is 24.3 Å². The SMILES string of the molecule is COc1ccccc1-c1nc(C(=O)O)c(C)n1CCC1CC1. The molecule has 0 saturated heterocycles. The molecule has 1 aliphatic carbocycles. The smallest absolute Gasteiger partial charge is 0.356 e. The van der Waals surface area contributed by atoms with Gasteiger partial charge in [0.25, 0.3) is 0 Å². The number of ether oxygens (including phenoxy) is 1. The van der Waals surface area contributed by atoms with Crippen LogP contribution in [0.1, 0.15) is 35.4 Å². The lowest BCUT2D eigenvalue weighted by molar-refractivity contribution is 0.0690. The zero-order valence-electron chi connectivity index (χ0n) is 12.9. The van der Waals surface area contributed by atoms with Gasteiger partial charge >= 0.3 is 5.97 Å². The monoisotopic (exact) mass is 300 g/mol. The third-order valence-corrected chi connectivity index (χ3v) is 4.23. The highest BCUT2D eigenvalue weighted by Crippen LogP contribution is 2.35. The van der Waals surface area contributed by atoms with E-state index in [0.717, 1.165) is 24.4 Å². The molecule has 0 unspecified atom stereocenters. The predicted molar refractivity (Wildman–Crippen MR) is 83.3 cm³/mol. The number of methoxy groups -OCH3 is 1. The molecule has 0 atom stereocenters. The second-order valence-electron chi connectivity index (χ2n) is 5.76. The molecule has 1 saturated carbocycles. The Morgan fingerprint density at radius 1 is 1.41 bits per heavy atom. The number of carbonyl (C=O) groups is 1. The summed E-state index contributed by atoms with van der Waals surface area (Å²) < 4.78 is 7.42. The number of carboxylic acid groups (broad SMARTS) is 1. The Morgan fingerprint density at radius 3 is 2.77 bits per heavy atom. The van der Waals surface area contributed by atoms with E-state index in [-0.39, 0.29) is 5.69 Å². The van der Waals surface area contributed by atoms with Crippen LogP contribution in [0.3, 0.4) is 0 Å². The molecule has 0 spiro atoms. The van der Waals surface area contributed by atoms with Crippen molar-refractivity contribution < 1.29 is 14.6 Å². The van der Waals surface area contributed by atoms with Gasteiger partial charge in [-0.25, -0.2) is 9.78 Å². The molecule has 3 rings (SSSR count). The zero-order valence-corrected chi connectivity index (χ0v) is 12.9. The summed E-state index contributed by atoms with van der Waals surface area (Å²) >= 11 is 0. The molecule has 1 heterocycles. The Hall–Kier alpha value is -2.30. The molecule has 1 N–H and O–H groups in total. The van der Waals surface area contributed by atoms with E-state index in [4.69, 9.17) is 4.74 Å². The van der Waals surface area contributed by atoms with Crippen LogP contribution in [0.5, 0.6) is 5.75 Å². The third-order valence-electron chi connectivity index (χ3n) is 4.23. The summed E-state index contributed by atoms with van der Waals surface area (Å²) in [6.07, 6.45) is 3.63. The van der Waals surface area contributed by atoms with Crippen molar-refractivity contribution in [2.45, 2.75) is 32.7 Å². The highest BCUT2D eigenvalue weighted by atomic mass is 16.5. The molecule has 1 aromatic heterocycles. The lowest BCUT2D eigenvalue weighted by Gasteiger charge is -2.12. The van der Waals surface area contributed by atoms with Gasteiger partial charge in [-0.3, -0.25) is 0 Å². The number of rotatable bonds is 6. The summed E-state index contributed by atoms with van der Waals surface area (Å²) in [7, 11) is 1.61. The summed E-state index contributed by atoms with van der Waals surface area (Å²) in [5, 5.41) is 9.36. The highest BCUT2D eigenvalue weighted by Gasteiger charge is 2.25. The van der Waals surface area contributed by atoms with E-state index in [1.807, 2.05) is 35.8 Å². The summed E-state index contributed by atoms with van der Waals surface area (Å²) in [5.41, 5.74) is 1.65. The fourth-order valence-electron chi connectivity index (χ4n) is 2.76. The van der Waals surface area contributed by atoms with Gasteiger partial charge in [-0.1, -0.05) is 25.0 Å². The van der Waals surface area contributed by atoms with Crippen LogP contribution in [0, 0.1) is 12.8 Å². The highest BCUT2D eigenvalue weighted by molar-refractivity contribution is 5.88. The topological polar surface area (TPSA) is 64.3 Å². The standard InChI is InChI=1S/C17H20N2O3/c1-11-15(17(20)21)18-16(19(11)10-9-12-7-8-12)13-5-3-4-6-14(13)22-2/h3-6,12H,7-10H2,1-2H3,(H,20,21). The molecule has 0 bridgehead atoms. The number of hydrogen-bond donors (Lipinski definition) is 1. The Kier molecular flexibility index (Phi) is 3.88. The van der Waals surface area contributed by atoms with Gasteiger partial charge in [0.1, 0.15) is 11.6 Å². The summed E-state index contributed by atoms with van der Waals surface area (Å²) in [5.74, 6) is 1.17. The first-order valence-corrected chi connectivity index (χ1v) is 7.55. The van der Waals surface area contributed by atoms with E-state index in [1.54, 1.807) is 7.11 Å². The molecule has 0 aliphatic heterocycles. The van der Waals surface area contributed by atoms with Crippen molar-refractivity contribution in [1.82, 2.24) is 9.55 Å². The number of para-hydroxylation sites is 1. The molecule has 5 heteroatoms. The van der Waals surface area contributed by atoms with Crippen LogP contribution in [0.4, 0.5) is 0 Å². The Bertz CT molecular complexity index is 702. The largest absolute Gasteiger partial charge is 0.496 e. The van der Waals surface area contributed by atoms with Crippen LogP contribution < -0.4 is 4.74 Å². The first-order valence-electron chi connectivity index (χ1n) is 7.55. The van der Waals surface area contributed by atoms with Crippen LogP contribution in [0.25, 0.3) is 11.4 Å². The Morgan fingerprint density at radius 2 is 2.14 bits per heavy atom. The number of nitrogens with zero attached hydrogens (tertiary/aromatic N) is 2. The van der Waals surface area contributed by atoms with Crippen LogP contribution >= 0.6 is 0 Å². The first kappa shape index (κ1) is 14.6. The molecule has 22 heavy (non-hydrogen) atoms. The summed E-state index contributed by atoms with van der Waals surface area (Å²) in [4.78, 5) is 15.8. The molecule has 1 fully saturated rings. The van der Waals surface area contributed by atoms with Gasteiger partial charge in [0.2, 0.25) is 0 Å². The van der Waals surface area contributed by atoms with Crippen LogP contribution in [0.2, 0.25) is 0 Å². The maximum Gasteiger partial charge on any atom is 0.356 e. The quantitative estimate of drug-likeness (QED) is 0.888. The summed E-state index contributed by atoms with van der Waals surface area (Å²) in [6.45, 7) is 2.62. The molecule has 0 radical (unpaired) electrons. The van der Waals surface area contributed by atoms with E-state index in [0.29, 0.717) is 17.3 Å². The molecular formula is C17H20N2O3. The van der Waals surface area contributed by atoms with Gasteiger partial charge < -0.3 is 14.4 Å². The fraction of sp³-hybridized carbons (Fsp3) is 0.412. The van der Waals surface area contributed by atoms with Crippen molar-refractivity contribution in [3.8, 4) is 17.1 Å².